The second-order valence-corrected chi connectivity index (χ2v) is 4.89. The van der Waals surface area contributed by atoms with E-state index in [-0.39, 0.29) is 11.3 Å². The van der Waals surface area contributed by atoms with Crippen LogP contribution in [0, 0.1) is 0 Å². The van der Waals surface area contributed by atoms with Gasteiger partial charge in [-0.05, 0) is 24.3 Å². The number of amides is 1. The molecule has 0 spiro atoms. The van der Waals surface area contributed by atoms with E-state index in [1.54, 1.807) is 6.07 Å². The molecule has 6 nitrogen and oxygen atoms in total. The lowest BCUT2D eigenvalue weighted by Crippen LogP contribution is -2.21. The van der Waals surface area contributed by atoms with Crippen LogP contribution in [0.3, 0.4) is 0 Å². The number of halogens is 4. The van der Waals surface area contributed by atoms with Crippen LogP contribution < -0.4 is 10.1 Å². The average molecular weight is 375 g/mol. The Hall–Kier alpha value is -2.81. The minimum absolute atomic E-state index is 0.0694. The Balaban J connectivity index is 2.47. The van der Waals surface area contributed by atoms with Crippen LogP contribution in [-0.4, -0.2) is 30.3 Å². The Morgan fingerprint density at radius 3 is 2.48 bits per heavy atom. The molecule has 1 amide bonds. The van der Waals surface area contributed by atoms with E-state index in [1.807, 2.05) is 0 Å². The number of alkyl halides is 3. The van der Waals surface area contributed by atoms with Gasteiger partial charge in [0.15, 0.2) is 5.75 Å². The van der Waals surface area contributed by atoms with Crippen LogP contribution in [0.1, 0.15) is 20.8 Å². The maximum Gasteiger partial charge on any atom is 0.573 e. The van der Waals surface area contributed by atoms with Crippen molar-refractivity contribution in [2.45, 2.75) is 6.36 Å². The lowest BCUT2D eigenvalue weighted by molar-refractivity contribution is -0.274. The number of rotatable bonds is 4. The topological polar surface area (TPSA) is 77.5 Å². The summed E-state index contributed by atoms with van der Waals surface area (Å²) in [5.41, 5.74) is -0.840. The third-order valence-electron chi connectivity index (χ3n) is 2.87. The highest BCUT2D eigenvalue weighted by Gasteiger charge is 2.33. The molecule has 1 aromatic carbocycles. The number of aromatic nitrogens is 1. The molecule has 0 saturated carbocycles. The van der Waals surface area contributed by atoms with Crippen LogP contribution in [0.2, 0.25) is 5.02 Å². The molecule has 2 aromatic rings. The molecule has 1 aromatic heterocycles. The van der Waals surface area contributed by atoms with E-state index in [4.69, 9.17) is 11.6 Å². The van der Waals surface area contributed by atoms with Crippen molar-refractivity contribution in [1.29, 1.82) is 0 Å². The summed E-state index contributed by atoms with van der Waals surface area (Å²) >= 11 is 5.96. The lowest BCUT2D eigenvalue weighted by atomic mass is 10.1. The van der Waals surface area contributed by atoms with E-state index in [9.17, 15) is 22.8 Å². The van der Waals surface area contributed by atoms with Crippen molar-refractivity contribution in [2.24, 2.45) is 0 Å². The summed E-state index contributed by atoms with van der Waals surface area (Å²) in [4.78, 5) is 27.6. The molecular weight excluding hydrogens is 365 g/mol. The van der Waals surface area contributed by atoms with Crippen LogP contribution >= 0.6 is 11.6 Å². The highest BCUT2D eigenvalue weighted by molar-refractivity contribution is 6.37. The molecule has 0 atom stereocenters. The number of hydrogen-bond donors (Lipinski definition) is 1. The number of benzene rings is 1. The molecule has 10 heteroatoms. The van der Waals surface area contributed by atoms with Crippen LogP contribution in [0.5, 0.6) is 5.75 Å². The van der Waals surface area contributed by atoms with Crippen LogP contribution in [-0.2, 0) is 4.74 Å². The monoisotopic (exact) mass is 374 g/mol. The summed E-state index contributed by atoms with van der Waals surface area (Å²) in [5.74, 6) is -2.51. The van der Waals surface area contributed by atoms with Crippen molar-refractivity contribution in [3.63, 3.8) is 0 Å². The van der Waals surface area contributed by atoms with E-state index >= 15 is 0 Å². The molecule has 0 fully saturated rings. The highest BCUT2D eigenvalue weighted by atomic mass is 35.5. The first kappa shape index (κ1) is 18.5. The zero-order valence-electron chi connectivity index (χ0n) is 12.6. The van der Waals surface area contributed by atoms with Crippen molar-refractivity contribution in [3.05, 3.63) is 52.8 Å². The number of nitrogens with one attached hydrogen (secondary N) is 1. The summed E-state index contributed by atoms with van der Waals surface area (Å²) < 4.78 is 46.0. The Kier molecular flexibility index (Phi) is 5.48. The van der Waals surface area contributed by atoms with E-state index in [0.29, 0.717) is 0 Å². The Labute approximate surface area is 144 Å². The van der Waals surface area contributed by atoms with Gasteiger partial charge in [-0.15, -0.1) is 13.2 Å². The molecular formula is C15H10ClF3N2O4. The first-order valence-corrected chi connectivity index (χ1v) is 6.99. The lowest BCUT2D eigenvalue weighted by Gasteiger charge is -2.16. The van der Waals surface area contributed by atoms with E-state index in [2.05, 4.69) is 19.8 Å². The zero-order chi connectivity index (χ0) is 18.6. The predicted molar refractivity (Wildman–Crippen MR) is 81.7 cm³/mol. The average Bonchev–Trinajstić information content (AvgIpc) is 2.57. The van der Waals surface area contributed by atoms with Gasteiger partial charge in [0.25, 0.3) is 5.91 Å². The van der Waals surface area contributed by atoms with Crippen LogP contribution in [0.15, 0.2) is 36.5 Å². The number of carbonyl (C=O) groups excluding carboxylic acids is 2. The molecule has 1 N–H and O–H groups in total. The van der Waals surface area contributed by atoms with Crippen LogP contribution in [0.25, 0.3) is 0 Å². The molecule has 1 heterocycles. The molecule has 25 heavy (non-hydrogen) atoms. The van der Waals surface area contributed by atoms with Crippen molar-refractivity contribution in [2.75, 3.05) is 12.4 Å². The fourth-order valence-electron chi connectivity index (χ4n) is 1.83. The van der Waals surface area contributed by atoms with Crippen molar-refractivity contribution in [3.8, 4) is 5.75 Å². The molecule has 0 aliphatic heterocycles. The summed E-state index contributed by atoms with van der Waals surface area (Å²) in [6.07, 6.45) is -3.70. The standard InChI is InChI=1S/C15H10ClF3N2O4/c1-24-14(23)8-5-6-10(25-15(17,18)19)12(11(8)16)21-13(22)9-4-2-3-7-20-9/h2-7H,1H3,(H,21,22). The normalized spacial score (nSPS) is 10.9. The number of carbonyl (C=O) groups is 2. The van der Waals surface area contributed by atoms with Gasteiger partial charge in [-0.3, -0.25) is 9.78 Å². The second kappa shape index (κ2) is 7.39. The largest absolute Gasteiger partial charge is 0.573 e. The molecule has 0 unspecified atom stereocenters. The van der Waals surface area contributed by atoms with Gasteiger partial charge in [0.2, 0.25) is 0 Å². The summed E-state index contributed by atoms with van der Waals surface area (Å²) in [5, 5.41) is 1.71. The first-order chi connectivity index (χ1) is 11.7. The fourth-order valence-corrected chi connectivity index (χ4v) is 2.11. The minimum Gasteiger partial charge on any atom is -0.465 e. The van der Waals surface area contributed by atoms with Gasteiger partial charge >= 0.3 is 12.3 Å². The van der Waals surface area contributed by atoms with Crippen molar-refractivity contribution >= 4 is 29.2 Å². The number of pyridine rings is 1. The van der Waals surface area contributed by atoms with Crippen molar-refractivity contribution < 1.29 is 32.2 Å². The molecule has 2 rings (SSSR count). The Morgan fingerprint density at radius 2 is 1.92 bits per heavy atom. The number of methoxy groups -OCH3 is 1. The highest BCUT2D eigenvalue weighted by Crippen LogP contribution is 2.38. The second-order valence-electron chi connectivity index (χ2n) is 4.51. The summed E-state index contributed by atoms with van der Waals surface area (Å²) in [6, 6.07) is 6.25. The summed E-state index contributed by atoms with van der Waals surface area (Å²) in [6.45, 7) is 0. The quantitative estimate of drug-likeness (QED) is 0.826. The van der Waals surface area contributed by atoms with Gasteiger partial charge in [0, 0.05) is 6.20 Å². The van der Waals surface area contributed by atoms with Gasteiger partial charge in [0.1, 0.15) is 11.4 Å². The third kappa shape index (κ3) is 4.60. The minimum atomic E-state index is -5.03. The van der Waals surface area contributed by atoms with Gasteiger partial charge in [-0.25, -0.2) is 4.79 Å². The third-order valence-corrected chi connectivity index (χ3v) is 3.26. The summed E-state index contributed by atoms with van der Waals surface area (Å²) in [7, 11) is 1.07. The maximum absolute atomic E-state index is 12.6. The van der Waals surface area contributed by atoms with Gasteiger partial charge in [0.05, 0.1) is 17.7 Å². The number of hydrogen-bond acceptors (Lipinski definition) is 5. The molecule has 0 saturated heterocycles. The van der Waals surface area contributed by atoms with E-state index < -0.39 is 34.7 Å². The first-order valence-electron chi connectivity index (χ1n) is 6.62. The van der Waals surface area contributed by atoms with Gasteiger partial charge < -0.3 is 14.8 Å². The predicted octanol–water partition coefficient (Wildman–Crippen LogP) is 3.67. The molecule has 0 bridgehead atoms. The Bertz CT molecular complexity index is 797. The zero-order valence-corrected chi connectivity index (χ0v) is 13.3. The number of nitrogens with zero attached hydrogens (tertiary/aromatic N) is 1. The number of esters is 1. The van der Waals surface area contributed by atoms with Crippen LogP contribution in [0.4, 0.5) is 18.9 Å². The Morgan fingerprint density at radius 1 is 1.20 bits per heavy atom. The van der Waals surface area contributed by atoms with Gasteiger partial charge in [-0.2, -0.15) is 0 Å². The number of ether oxygens (including phenoxy) is 2. The van der Waals surface area contributed by atoms with E-state index in [0.717, 1.165) is 19.2 Å². The molecule has 132 valence electrons. The number of anilines is 1. The van der Waals surface area contributed by atoms with E-state index in [1.165, 1.54) is 18.3 Å². The molecule has 0 radical (unpaired) electrons. The van der Waals surface area contributed by atoms with Crippen molar-refractivity contribution in [1.82, 2.24) is 4.98 Å². The smallest absolute Gasteiger partial charge is 0.465 e. The SMILES string of the molecule is COC(=O)c1ccc(OC(F)(F)F)c(NC(=O)c2ccccn2)c1Cl. The van der Waals surface area contributed by atoms with Gasteiger partial charge in [-0.1, -0.05) is 17.7 Å². The fraction of sp³-hybridized carbons (Fsp3) is 0.133. The molecule has 0 aliphatic carbocycles. The maximum atomic E-state index is 12.6. The molecule has 0 aliphatic rings.